The highest BCUT2D eigenvalue weighted by Gasteiger charge is 2.22. The molecule has 1 amide bonds. The van der Waals surface area contributed by atoms with Gasteiger partial charge < -0.3 is 10.1 Å². The lowest BCUT2D eigenvalue weighted by atomic mass is 9.93. The van der Waals surface area contributed by atoms with Gasteiger partial charge >= 0.3 is 5.69 Å². The van der Waals surface area contributed by atoms with E-state index in [0.29, 0.717) is 17.3 Å². The Balaban J connectivity index is 1.72. The van der Waals surface area contributed by atoms with E-state index in [1.165, 1.54) is 9.25 Å². The van der Waals surface area contributed by atoms with Crippen molar-refractivity contribution in [2.24, 2.45) is 0 Å². The minimum Gasteiger partial charge on any atom is -0.497 e. The van der Waals surface area contributed by atoms with E-state index in [1.807, 2.05) is 30.3 Å². The molecule has 7 nitrogen and oxygen atoms in total. The van der Waals surface area contributed by atoms with Crippen molar-refractivity contribution in [3.8, 4) is 22.8 Å². The molecule has 1 saturated carbocycles. The fourth-order valence-electron chi connectivity index (χ4n) is 3.20. The summed E-state index contributed by atoms with van der Waals surface area (Å²) >= 11 is 0. The first-order valence-electron chi connectivity index (χ1n) is 9.35. The van der Waals surface area contributed by atoms with Crippen molar-refractivity contribution in [2.45, 2.75) is 31.8 Å². The van der Waals surface area contributed by atoms with Crippen LogP contribution in [0, 0.1) is 0 Å². The molecule has 0 aliphatic heterocycles. The van der Waals surface area contributed by atoms with Gasteiger partial charge in [0.2, 0.25) is 5.91 Å². The number of ether oxygens (including phenoxy) is 1. The molecule has 7 heteroatoms. The minimum atomic E-state index is -0.354. The molecular formula is C21H22N4O3. The molecule has 144 valence electrons. The van der Waals surface area contributed by atoms with Crippen LogP contribution in [0.2, 0.25) is 0 Å². The zero-order valence-electron chi connectivity index (χ0n) is 15.7. The van der Waals surface area contributed by atoms with Gasteiger partial charge in [-0.15, -0.1) is 5.10 Å². The van der Waals surface area contributed by atoms with Gasteiger partial charge in [0, 0.05) is 11.6 Å². The summed E-state index contributed by atoms with van der Waals surface area (Å²) in [5.74, 6) is 0.989. The maximum atomic E-state index is 13.1. The summed E-state index contributed by atoms with van der Waals surface area (Å²) in [6.07, 6.45) is 3.13. The predicted octanol–water partition coefficient (Wildman–Crippen LogP) is 2.38. The average Bonchev–Trinajstić information content (AvgIpc) is 3.02. The van der Waals surface area contributed by atoms with Gasteiger partial charge in [-0.3, -0.25) is 9.36 Å². The van der Waals surface area contributed by atoms with Crippen molar-refractivity contribution in [1.29, 1.82) is 0 Å². The number of carbonyl (C=O) groups excluding carboxylic acids is 1. The van der Waals surface area contributed by atoms with Gasteiger partial charge in [0.1, 0.15) is 12.3 Å². The molecule has 0 spiro atoms. The Kier molecular flexibility index (Phi) is 4.97. The first-order chi connectivity index (χ1) is 13.7. The van der Waals surface area contributed by atoms with Crippen LogP contribution in [0.1, 0.15) is 19.3 Å². The number of aromatic nitrogens is 3. The summed E-state index contributed by atoms with van der Waals surface area (Å²) in [6.45, 7) is -0.0598. The average molecular weight is 378 g/mol. The lowest BCUT2D eigenvalue weighted by molar-refractivity contribution is -0.122. The topological polar surface area (TPSA) is 78.2 Å². The smallest absolute Gasteiger partial charge is 0.351 e. The number of nitrogens with zero attached hydrogens (tertiary/aromatic N) is 3. The standard InChI is InChI=1S/C21H22N4O3/c1-28-18-12-10-17(11-13-18)25-21(27)24(14-19(26)22-16-8-5-9-16)20(23-25)15-6-3-2-4-7-15/h2-4,6-7,10-13,16H,5,8-9,14H2,1H3,(H,22,26). The van der Waals surface area contributed by atoms with Gasteiger partial charge in [-0.05, 0) is 43.5 Å². The second-order valence-electron chi connectivity index (χ2n) is 6.86. The molecule has 0 radical (unpaired) electrons. The molecule has 4 rings (SSSR count). The van der Waals surface area contributed by atoms with Gasteiger partial charge in [-0.25, -0.2) is 4.79 Å². The molecule has 0 saturated heterocycles. The number of methoxy groups -OCH3 is 1. The summed E-state index contributed by atoms with van der Waals surface area (Å²) in [5, 5.41) is 7.50. The minimum absolute atomic E-state index is 0.0598. The van der Waals surface area contributed by atoms with Crippen molar-refractivity contribution in [3.63, 3.8) is 0 Å². The van der Waals surface area contributed by atoms with Crippen LogP contribution in [0.5, 0.6) is 5.75 Å². The summed E-state index contributed by atoms with van der Waals surface area (Å²) in [4.78, 5) is 25.5. The van der Waals surface area contributed by atoms with Crippen LogP contribution < -0.4 is 15.7 Å². The molecular weight excluding hydrogens is 356 g/mol. The lowest BCUT2D eigenvalue weighted by Gasteiger charge is -2.26. The Bertz CT molecular complexity index is 1020. The summed E-state index contributed by atoms with van der Waals surface area (Å²) in [7, 11) is 1.59. The van der Waals surface area contributed by atoms with E-state index in [9.17, 15) is 9.59 Å². The van der Waals surface area contributed by atoms with Gasteiger partial charge in [0.15, 0.2) is 5.82 Å². The zero-order chi connectivity index (χ0) is 19.5. The molecule has 1 aliphatic rings. The fourth-order valence-corrected chi connectivity index (χ4v) is 3.20. The molecule has 0 unspecified atom stereocenters. The van der Waals surface area contributed by atoms with Crippen LogP contribution in [-0.2, 0) is 11.3 Å². The molecule has 3 aromatic rings. The second kappa shape index (κ2) is 7.72. The first-order valence-corrected chi connectivity index (χ1v) is 9.35. The van der Waals surface area contributed by atoms with E-state index in [1.54, 1.807) is 31.4 Å². The number of amides is 1. The SMILES string of the molecule is COc1ccc(-n2nc(-c3ccccc3)n(CC(=O)NC3CCC3)c2=O)cc1. The van der Waals surface area contributed by atoms with E-state index in [4.69, 9.17) is 4.74 Å². The predicted molar refractivity (Wildman–Crippen MR) is 106 cm³/mol. The largest absolute Gasteiger partial charge is 0.497 e. The fraction of sp³-hybridized carbons (Fsp3) is 0.286. The molecule has 1 heterocycles. The van der Waals surface area contributed by atoms with E-state index in [-0.39, 0.29) is 24.2 Å². The third-order valence-electron chi connectivity index (χ3n) is 4.98. The second-order valence-corrected chi connectivity index (χ2v) is 6.86. The van der Waals surface area contributed by atoms with Crippen molar-refractivity contribution in [3.05, 3.63) is 65.1 Å². The quantitative estimate of drug-likeness (QED) is 0.714. The highest BCUT2D eigenvalue weighted by atomic mass is 16.5. The number of benzene rings is 2. The van der Waals surface area contributed by atoms with Crippen LogP contribution in [0.4, 0.5) is 0 Å². The van der Waals surface area contributed by atoms with E-state index in [0.717, 1.165) is 24.8 Å². The Morgan fingerprint density at radius 3 is 2.46 bits per heavy atom. The van der Waals surface area contributed by atoms with Crippen molar-refractivity contribution in [1.82, 2.24) is 19.7 Å². The number of rotatable bonds is 6. The number of hydrogen-bond donors (Lipinski definition) is 1. The lowest BCUT2D eigenvalue weighted by Crippen LogP contribution is -2.42. The summed E-state index contributed by atoms with van der Waals surface area (Å²) in [6, 6.07) is 16.7. The first kappa shape index (κ1) is 18.0. The van der Waals surface area contributed by atoms with Gasteiger partial charge in [0.25, 0.3) is 0 Å². The molecule has 0 atom stereocenters. The van der Waals surface area contributed by atoms with Crippen LogP contribution in [-0.4, -0.2) is 33.4 Å². The zero-order valence-corrected chi connectivity index (χ0v) is 15.7. The number of nitrogens with one attached hydrogen (secondary N) is 1. The molecule has 1 fully saturated rings. The van der Waals surface area contributed by atoms with Crippen molar-refractivity contribution >= 4 is 5.91 Å². The Morgan fingerprint density at radius 1 is 1.14 bits per heavy atom. The van der Waals surface area contributed by atoms with Crippen LogP contribution in [0.3, 0.4) is 0 Å². The number of hydrogen-bond acceptors (Lipinski definition) is 4. The van der Waals surface area contributed by atoms with Crippen molar-refractivity contribution < 1.29 is 9.53 Å². The molecule has 1 N–H and O–H groups in total. The molecule has 2 aromatic carbocycles. The maximum absolute atomic E-state index is 13.1. The number of carbonyl (C=O) groups is 1. The highest BCUT2D eigenvalue weighted by molar-refractivity contribution is 5.77. The Morgan fingerprint density at radius 2 is 1.86 bits per heavy atom. The normalized spacial score (nSPS) is 13.8. The molecule has 1 aromatic heterocycles. The van der Waals surface area contributed by atoms with E-state index in [2.05, 4.69) is 10.4 Å². The van der Waals surface area contributed by atoms with E-state index < -0.39 is 0 Å². The summed E-state index contributed by atoms with van der Waals surface area (Å²) < 4.78 is 7.92. The third-order valence-corrected chi connectivity index (χ3v) is 4.98. The third kappa shape index (κ3) is 3.55. The van der Waals surface area contributed by atoms with Crippen LogP contribution in [0.15, 0.2) is 59.4 Å². The summed E-state index contributed by atoms with van der Waals surface area (Å²) in [5.41, 5.74) is 1.04. The van der Waals surface area contributed by atoms with Crippen LogP contribution in [0.25, 0.3) is 17.1 Å². The highest BCUT2D eigenvalue weighted by Crippen LogP contribution is 2.20. The van der Waals surface area contributed by atoms with Crippen molar-refractivity contribution in [2.75, 3.05) is 7.11 Å². The van der Waals surface area contributed by atoms with Gasteiger partial charge in [-0.2, -0.15) is 4.68 Å². The van der Waals surface area contributed by atoms with Gasteiger partial charge in [0.05, 0.1) is 12.8 Å². The maximum Gasteiger partial charge on any atom is 0.351 e. The monoisotopic (exact) mass is 378 g/mol. The van der Waals surface area contributed by atoms with Gasteiger partial charge in [-0.1, -0.05) is 30.3 Å². The molecule has 28 heavy (non-hydrogen) atoms. The molecule has 1 aliphatic carbocycles. The molecule has 0 bridgehead atoms. The van der Waals surface area contributed by atoms with Crippen LogP contribution >= 0.6 is 0 Å². The Hall–Kier alpha value is -3.35. The van der Waals surface area contributed by atoms with E-state index >= 15 is 0 Å². The Labute approximate surface area is 162 Å².